The maximum absolute atomic E-state index is 15.3. The largest absolute Gasteiger partial charge is 0.497 e. The Bertz CT molecular complexity index is 2720. The molecule has 0 bridgehead atoms. The summed E-state index contributed by atoms with van der Waals surface area (Å²) in [7, 11) is 1.46. The first kappa shape index (κ1) is 42.0. The van der Waals surface area contributed by atoms with Gasteiger partial charge in [0.2, 0.25) is 15.9 Å². The number of methoxy groups -OCH3 is 4. The molecule has 2 aliphatic rings. The molecule has 2 aliphatic carbocycles. The van der Waals surface area contributed by atoms with Gasteiger partial charge in [-0.05, 0) is 80.1 Å². The van der Waals surface area contributed by atoms with E-state index in [0.29, 0.717) is 63.6 Å². The second kappa shape index (κ2) is 17.3. The highest BCUT2D eigenvalue weighted by Crippen LogP contribution is 2.47. The highest BCUT2D eigenvalue weighted by Gasteiger charge is 2.46. The van der Waals surface area contributed by atoms with Crippen LogP contribution in [0.1, 0.15) is 65.0 Å². The molecule has 8 rings (SSSR count). The third-order valence-corrected chi connectivity index (χ3v) is 13.1. The van der Waals surface area contributed by atoms with E-state index in [0.717, 1.165) is 23.4 Å². The number of nitrogens with zero attached hydrogens (tertiary/aromatic N) is 6. The number of amides is 2. The van der Waals surface area contributed by atoms with Gasteiger partial charge in [-0.25, -0.2) is 28.2 Å². The minimum absolute atomic E-state index is 0.105. The average molecular weight is 862 g/mol. The van der Waals surface area contributed by atoms with E-state index in [1.54, 1.807) is 54.9 Å². The van der Waals surface area contributed by atoms with Gasteiger partial charge in [0.15, 0.2) is 0 Å². The van der Waals surface area contributed by atoms with E-state index in [9.17, 15) is 14.7 Å². The van der Waals surface area contributed by atoms with E-state index >= 15 is 8.42 Å². The second-order valence-corrected chi connectivity index (χ2v) is 17.3. The van der Waals surface area contributed by atoms with Crippen molar-refractivity contribution in [2.75, 3.05) is 38.7 Å². The molecule has 3 aromatic carbocycles. The third kappa shape index (κ3) is 8.85. The Labute approximate surface area is 359 Å². The molecule has 0 saturated heterocycles. The maximum atomic E-state index is 15.3. The van der Waals surface area contributed by atoms with Gasteiger partial charge in [-0.3, -0.25) is 9.69 Å². The molecule has 2 N–H and O–H groups in total. The number of benzene rings is 3. The van der Waals surface area contributed by atoms with E-state index in [1.165, 1.54) is 56.5 Å². The number of carbonyl (C=O) groups is 2. The first-order chi connectivity index (χ1) is 29.9. The van der Waals surface area contributed by atoms with Crippen molar-refractivity contribution in [1.29, 1.82) is 0 Å². The lowest BCUT2D eigenvalue weighted by molar-refractivity contribution is -0.117. The number of aryl methyl sites for hydroxylation is 1. The maximum Gasteiger partial charge on any atom is 0.412 e. The van der Waals surface area contributed by atoms with Gasteiger partial charge in [0, 0.05) is 78.2 Å². The highest BCUT2D eigenvalue weighted by atomic mass is 32.2. The topological polar surface area (TPSA) is 187 Å². The van der Waals surface area contributed by atoms with Crippen LogP contribution in [0.25, 0.3) is 5.65 Å². The first-order valence-corrected chi connectivity index (χ1v) is 21.5. The summed E-state index contributed by atoms with van der Waals surface area (Å²) in [4.78, 5) is 41.4. The van der Waals surface area contributed by atoms with E-state index in [4.69, 9.17) is 18.9 Å². The van der Waals surface area contributed by atoms with Crippen LogP contribution in [0.4, 0.5) is 16.2 Å². The molecular formula is C45H47N7O9S. The zero-order chi connectivity index (χ0) is 43.7. The van der Waals surface area contributed by atoms with Crippen LogP contribution in [0, 0.1) is 12.8 Å². The lowest BCUT2D eigenvalue weighted by atomic mass is 10.1. The first-order valence-electron chi connectivity index (χ1n) is 20.0. The van der Waals surface area contributed by atoms with Crippen LogP contribution in [0.5, 0.6) is 23.0 Å². The number of rotatable bonds is 17. The van der Waals surface area contributed by atoms with Crippen LogP contribution in [-0.4, -0.2) is 77.6 Å². The number of hydrogen-bond donors (Lipinski definition) is 2. The molecule has 0 radical (unpaired) electrons. The van der Waals surface area contributed by atoms with Crippen molar-refractivity contribution in [2.45, 2.75) is 62.6 Å². The minimum Gasteiger partial charge on any atom is -0.497 e. The summed E-state index contributed by atoms with van der Waals surface area (Å²) in [5, 5.41) is 13.5. The Morgan fingerprint density at radius 2 is 1.50 bits per heavy atom. The van der Waals surface area contributed by atoms with E-state index < -0.39 is 27.9 Å². The van der Waals surface area contributed by atoms with Crippen molar-refractivity contribution < 1.29 is 42.1 Å². The number of ether oxygens (including phenoxy) is 4. The lowest BCUT2D eigenvalue weighted by Crippen LogP contribution is -2.32. The summed E-state index contributed by atoms with van der Waals surface area (Å²) in [5.41, 5.74) is 4.18. The Morgan fingerprint density at radius 1 is 0.823 bits per heavy atom. The number of carboxylic acid groups (broad SMARTS) is 1. The molecule has 2 saturated carbocycles. The smallest absolute Gasteiger partial charge is 0.412 e. The summed E-state index contributed by atoms with van der Waals surface area (Å²) >= 11 is 0. The molecule has 2 fully saturated rings. The van der Waals surface area contributed by atoms with Gasteiger partial charge in [-0.2, -0.15) is 4.31 Å². The third-order valence-electron chi connectivity index (χ3n) is 11.2. The Balaban J connectivity index is 1.19. The quantitative estimate of drug-likeness (QED) is 0.0944. The standard InChI is InChI=1S/C45H47N7O9S/c1-27-16-17-46-43(47-27)36-21-37(36)44(53)49-38-18-33(52(45(54)55)26-32-25-50-22-29(28-6-7-28)10-15-42(50)48-32)11-14-41(38)62(56,57)51(23-30-8-12-34(58-2)19-39(30)60-4)24-31-9-13-35(59-3)20-40(31)61-5/h8-20,22,25,28,36-37H,6-7,21,23-24,26H2,1-5H3,(H,49,53)(H,54,55)/t36-,37-/m0/s1. The number of imidazole rings is 1. The van der Waals surface area contributed by atoms with Crippen molar-refractivity contribution >= 4 is 39.0 Å². The van der Waals surface area contributed by atoms with Crippen molar-refractivity contribution in [3.63, 3.8) is 0 Å². The number of hydrogen-bond acceptors (Lipinski definition) is 11. The average Bonchev–Trinajstić information content (AvgIpc) is 4.22. The zero-order valence-corrected chi connectivity index (χ0v) is 35.8. The molecular weight excluding hydrogens is 815 g/mol. The fraction of sp³-hybridized carbons (Fsp3) is 0.311. The van der Waals surface area contributed by atoms with Gasteiger partial charge in [0.1, 0.15) is 39.4 Å². The fourth-order valence-corrected chi connectivity index (χ4v) is 9.11. The number of pyridine rings is 1. The second-order valence-electron chi connectivity index (χ2n) is 15.4. The molecule has 62 heavy (non-hydrogen) atoms. The van der Waals surface area contributed by atoms with Crippen molar-refractivity contribution in [2.24, 2.45) is 5.92 Å². The number of anilines is 2. The molecule has 0 aliphatic heterocycles. The normalized spacial score (nSPS) is 15.9. The van der Waals surface area contributed by atoms with Gasteiger partial charge in [-0.1, -0.05) is 18.2 Å². The van der Waals surface area contributed by atoms with Crippen LogP contribution < -0.4 is 29.2 Å². The SMILES string of the molecule is COc1ccc(CN(Cc2ccc(OC)cc2OC)S(=O)(=O)c2ccc(N(Cc3cn4cc(C5CC5)ccc4n3)C(=O)O)cc2NC(=O)[C@H]2C[C@@H]2c2nccc(C)n2)c(OC)c1. The molecule has 322 valence electrons. The van der Waals surface area contributed by atoms with Gasteiger partial charge < -0.3 is 33.8 Å². The van der Waals surface area contributed by atoms with Crippen LogP contribution in [0.3, 0.4) is 0 Å². The van der Waals surface area contributed by atoms with Crippen molar-refractivity contribution in [3.05, 3.63) is 125 Å². The summed E-state index contributed by atoms with van der Waals surface area (Å²) < 4.78 is 55.8. The Morgan fingerprint density at radius 3 is 2.10 bits per heavy atom. The van der Waals surface area contributed by atoms with Gasteiger partial charge in [0.05, 0.1) is 46.4 Å². The Kier molecular flexibility index (Phi) is 11.7. The van der Waals surface area contributed by atoms with Crippen LogP contribution in [-0.2, 0) is 34.5 Å². The van der Waals surface area contributed by atoms with Gasteiger partial charge in [0.25, 0.3) is 0 Å². The molecule has 6 aromatic rings. The molecule has 17 heteroatoms. The van der Waals surface area contributed by atoms with Crippen molar-refractivity contribution in [1.82, 2.24) is 23.7 Å². The molecule has 2 amide bonds. The summed E-state index contributed by atoms with van der Waals surface area (Å²) in [6.45, 7) is 1.34. The summed E-state index contributed by atoms with van der Waals surface area (Å²) in [5.74, 6) is 1.58. The van der Waals surface area contributed by atoms with Crippen LogP contribution >= 0.6 is 0 Å². The fourth-order valence-electron chi connectivity index (χ4n) is 7.59. The number of fused-ring (bicyclic) bond motifs is 1. The summed E-state index contributed by atoms with van der Waals surface area (Å²) in [6, 6.07) is 20.0. The molecule has 0 unspecified atom stereocenters. The monoisotopic (exact) mass is 861 g/mol. The summed E-state index contributed by atoms with van der Waals surface area (Å²) in [6.07, 6.45) is 6.87. The Hall–Kier alpha value is -6.72. The van der Waals surface area contributed by atoms with Gasteiger partial charge in [-0.15, -0.1) is 0 Å². The highest BCUT2D eigenvalue weighted by molar-refractivity contribution is 7.89. The zero-order valence-electron chi connectivity index (χ0n) is 34.9. The molecule has 3 aromatic heterocycles. The van der Waals surface area contributed by atoms with E-state index in [-0.39, 0.29) is 41.8 Å². The predicted molar refractivity (Wildman–Crippen MR) is 230 cm³/mol. The molecule has 0 spiro atoms. The number of aromatic nitrogens is 4. The van der Waals surface area contributed by atoms with Crippen LogP contribution in [0.15, 0.2) is 96.3 Å². The molecule has 2 atom stereocenters. The van der Waals surface area contributed by atoms with E-state index in [1.807, 2.05) is 29.7 Å². The van der Waals surface area contributed by atoms with Crippen molar-refractivity contribution in [3.8, 4) is 23.0 Å². The predicted octanol–water partition coefficient (Wildman–Crippen LogP) is 7.16. The lowest BCUT2D eigenvalue weighted by Gasteiger charge is -2.26. The number of sulfonamides is 1. The van der Waals surface area contributed by atoms with Gasteiger partial charge >= 0.3 is 6.09 Å². The van der Waals surface area contributed by atoms with E-state index in [2.05, 4.69) is 20.3 Å². The minimum atomic E-state index is -4.54. The number of nitrogens with one attached hydrogen (secondary N) is 1. The molecule has 16 nitrogen and oxygen atoms in total. The number of carbonyl (C=O) groups excluding carboxylic acids is 1. The molecule has 3 heterocycles. The van der Waals surface area contributed by atoms with Crippen LogP contribution in [0.2, 0.25) is 0 Å².